The van der Waals surface area contributed by atoms with Crippen LogP contribution < -0.4 is 10.9 Å². The normalized spacial score (nSPS) is 15.2. The van der Waals surface area contributed by atoms with Gasteiger partial charge in [-0.1, -0.05) is 54.2 Å². The molecule has 0 saturated heterocycles. The number of methoxy groups -OCH3 is 1. The first-order chi connectivity index (χ1) is 15.0. The molecule has 8 heteroatoms. The molecule has 0 saturated carbocycles. The number of phenolic OH excluding ortho intramolecular Hbond substituents is 1. The van der Waals surface area contributed by atoms with Crippen LogP contribution in [0.25, 0.3) is 0 Å². The number of allylic oxidation sites excluding steroid dienone is 1. The van der Waals surface area contributed by atoms with Gasteiger partial charge in [0.05, 0.1) is 24.2 Å². The van der Waals surface area contributed by atoms with Crippen LogP contribution in [-0.4, -0.2) is 28.2 Å². The Kier molecular flexibility index (Phi) is 5.81. The van der Waals surface area contributed by atoms with Gasteiger partial charge < -0.3 is 20.1 Å². The van der Waals surface area contributed by atoms with Gasteiger partial charge in [-0.2, -0.15) is 0 Å². The Morgan fingerprint density at radius 2 is 1.97 bits per heavy atom. The minimum absolute atomic E-state index is 0.0406. The Balaban J connectivity index is 1.78. The number of rotatable bonds is 5. The highest BCUT2D eigenvalue weighted by Gasteiger charge is 2.36. The predicted octanol–water partition coefficient (Wildman–Crippen LogP) is 3.77. The van der Waals surface area contributed by atoms with Crippen molar-refractivity contribution < 1.29 is 14.6 Å². The number of anilines is 1. The summed E-state index contributed by atoms with van der Waals surface area (Å²) in [4.78, 5) is 33.2. The van der Waals surface area contributed by atoms with Crippen molar-refractivity contribution in [2.75, 3.05) is 12.4 Å². The molecule has 1 unspecified atom stereocenters. The van der Waals surface area contributed by atoms with Gasteiger partial charge in [-0.25, -0.2) is 9.78 Å². The van der Waals surface area contributed by atoms with Gasteiger partial charge in [0.25, 0.3) is 5.56 Å². The molecule has 2 heterocycles. The van der Waals surface area contributed by atoms with Crippen LogP contribution in [-0.2, 0) is 15.3 Å². The topological polar surface area (TPSA) is 104 Å². The number of hydrogen-bond donors (Lipinski definition) is 3. The minimum atomic E-state index is -0.722. The number of thioether (sulfide) groups is 1. The maximum Gasteiger partial charge on any atom is 0.336 e. The SMILES string of the molecule is COC(=O)C1=C(C)Nc2nc(SCc3ccccc3)[nH]c(=O)c2C1c1cccc(O)c1. The number of esters is 1. The van der Waals surface area contributed by atoms with E-state index in [0.29, 0.717) is 39.1 Å². The minimum Gasteiger partial charge on any atom is -0.508 e. The number of aromatic nitrogens is 2. The van der Waals surface area contributed by atoms with Crippen LogP contribution in [0.1, 0.15) is 29.5 Å². The average molecular weight is 436 g/mol. The first kappa shape index (κ1) is 20.7. The van der Waals surface area contributed by atoms with E-state index in [1.54, 1.807) is 19.1 Å². The highest BCUT2D eigenvalue weighted by Crippen LogP contribution is 2.40. The number of H-pyrrole nitrogens is 1. The predicted molar refractivity (Wildman–Crippen MR) is 119 cm³/mol. The molecule has 0 amide bonds. The van der Waals surface area contributed by atoms with Crippen molar-refractivity contribution in [3.8, 4) is 5.75 Å². The zero-order valence-corrected chi connectivity index (χ0v) is 17.8. The lowest BCUT2D eigenvalue weighted by molar-refractivity contribution is -0.136. The number of benzene rings is 2. The molecule has 1 aliphatic heterocycles. The summed E-state index contributed by atoms with van der Waals surface area (Å²) >= 11 is 1.42. The van der Waals surface area contributed by atoms with E-state index in [-0.39, 0.29) is 11.3 Å². The van der Waals surface area contributed by atoms with Gasteiger partial charge in [-0.3, -0.25) is 4.79 Å². The third-order valence-corrected chi connectivity index (χ3v) is 5.99. The average Bonchev–Trinajstić information content (AvgIpc) is 2.77. The van der Waals surface area contributed by atoms with Crippen LogP contribution >= 0.6 is 11.8 Å². The molecule has 2 aromatic carbocycles. The van der Waals surface area contributed by atoms with Gasteiger partial charge in [0.1, 0.15) is 11.6 Å². The summed E-state index contributed by atoms with van der Waals surface area (Å²) in [6.45, 7) is 1.74. The van der Waals surface area contributed by atoms with Crippen LogP contribution in [0.4, 0.5) is 5.82 Å². The summed E-state index contributed by atoms with van der Waals surface area (Å²) in [5.41, 5.74) is 2.51. The second-order valence-electron chi connectivity index (χ2n) is 7.09. The Morgan fingerprint density at radius 3 is 2.68 bits per heavy atom. The molecule has 0 radical (unpaired) electrons. The molecule has 3 aromatic rings. The van der Waals surface area contributed by atoms with E-state index >= 15 is 0 Å². The number of phenols is 1. The molecule has 1 atom stereocenters. The van der Waals surface area contributed by atoms with Crippen LogP contribution in [0.3, 0.4) is 0 Å². The summed E-state index contributed by atoms with van der Waals surface area (Å²) in [5.74, 6) is -0.191. The van der Waals surface area contributed by atoms with Gasteiger partial charge in [0.2, 0.25) is 0 Å². The van der Waals surface area contributed by atoms with Crippen molar-refractivity contribution in [2.45, 2.75) is 23.8 Å². The fraction of sp³-hybridized carbons (Fsp3) is 0.174. The summed E-state index contributed by atoms with van der Waals surface area (Å²) in [5, 5.41) is 13.5. The summed E-state index contributed by atoms with van der Waals surface area (Å²) in [6, 6.07) is 16.4. The monoisotopic (exact) mass is 435 g/mol. The molecule has 1 aromatic heterocycles. The zero-order valence-electron chi connectivity index (χ0n) is 17.0. The molecule has 3 N–H and O–H groups in total. The number of carbonyl (C=O) groups is 1. The number of nitrogens with zero attached hydrogens (tertiary/aromatic N) is 1. The summed E-state index contributed by atoms with van der Waals surface area (Å²) in [6.07, 6.45) is 0. The maximum atomic E-state index is 13.1. The van der Waals surface area contributed by atoms with Gasteiger partial charge in [0, 0.05) is 11.4 Å². The Bertz CT molecular complexity index is 1220. The quantitative estimate of drug-likeness (QED) is 0.318. The van der Waals surface area contributed by atoms with E-state index in [4.69, 9.17) is 4.74 Å². The Hall–Kier alpha value is -3.52. The third kappa shape index (κ3) is 4.20. The van der Waals surface area contributed by atoms with E-state index in [0.717, 1.165) is 5.56 Å². The van der Waals surface area contributed by atoms with Crippen molar-refractivity contribution >= 4 is 23.5 Å². The molecule has 7 nitrogen and oxygen atoms in total. The third-order valence-electron chi connectivity index (χ3n) is 5.05. The summed E-state index contributed by atoms with van der Waals surface area (Å²) in [7, 11) is 1.30. The van der Waals surface area contributed by atoms with Crippen molar-refractivity contribution in [1.29, 1.82) is 0 Å². The molecule has 1 aliphatic rings. The zero-order chi connectivity index (χ0) is 22.0. The number of nitrogens with one attached hydrogen (secondary N) is 2. The number of hydrogen-bond acceptors (Lipinski definition) is 7. The van der Waals surface area contributed by atoms with Crippen LogP contribution in [0.2, 0.25) is 0 Å². The first-order valence-electron chi connectivity index (χ1n) is 9.64. The molecule has 4 rings (SSSR count). The van der Waals surface area contributed by atoms with E-state index in [9.17, 15) is 14.7 Å². The first-order valence-corrected chi connectivity index (χ1v) is 10.6. The van der Waals surface area contributed by atoms with Gasteiger partial charge in [0.15, 0.2) is 5.16 Å². The van der Waals surface area contributed by atoms with Crippen LogP contribution in [0.5, 0.6) is 5.75 Å². The molecule has 0 aliphatic carbocycles. The highest BCUT2D eigenvalue weighted by molar-refractivity contribution is 7.98. The fourth-order valence-electron chi connectivity index (χ4n) is 3.64. The Morgan fingerprint density at radius 1 is 1.19 bits per heavy atom. The lowest BCUT2D eigenvalue weighted by atomic mass is 9.82. The van der Waals surface area contributed by atoms with E-state index < -0.39 is 11.9 Å². The number of aromatic amines is 1. The smallest absolute Gasteiger partial charge is 0.336 e. The van der Waals surface area contributed by atoms with Crippen molar-refractivity contribution in [3.63, 3.8) is 0 Å². The molecule has 0 fully saturated rings. The van der Waals surface area contributed by atoms with Crippen LogP contribution in [0.15, 0.2) is 75.8 Å². The lowest BCUT2D eigenvalue weighted by Gasteiger charge is -2.28. The molecule has 0 bridgehead atoms. The van der Waals surface area contributed by atoms with Crippen molar-refractivity contribution in [3.05, 3.63) is 92.9 Å². The van der Waals surface area contributed by atoms with Crippen molar-refractivity contribution in [1.82, 2.24) is 9.97 Å². The largest absolute Gasteiger partial charge is 0.508 e. The fourth-order valence-corrected chi connectivity index (χ4v) is 4.46. The molecule has 158 valence electrons. The molecule has 31 heavy (non-hydrogen) atoms. The van der Waals surface area contributed by atoms with Gasteiger partial charge in [-0.15, -0.1) is 0 Å². The second-order valence-corrected chi connectivity index (χ2v) is 8.05. The number of aromatic hydroxyl groups is 1. The molecular weight excluding hydrogens is 414 g/mol. The lowest BCUT2D eigenvalue weighted by Crippen LogP contribution is -2.30. The van der Waals surface area contributed by atoms with E-state index in [2.05, 4.69) is 15.3 Å². The number of carbonyl (C=O) groups excluding carboxylic acids is 1. The second kappa shape index (κ2) is 8.69. The van der Waals surface area contributed by atoms with Gasteiger partial charge >= 0.3 is 5.97 Å². The summed E-state index contributed by atoms with van der Waals surface area (Å²) < 4.78 is 4.97. The Labute approximate surface area is 183 Å². The molecular formula is C23H21N3O4S. The maximum absolute atomic E-state index is 13.1. The number of fused-ring (bicyclic) bond motifs is 1. The van der Waals surface area contributed by atoms with Gasteiger partial charge in [-0.05, 0) is 30.2 Å². The number of ether oxygens (including phenoxy) is 1. The standard InChI is InChI=1S/C23H21N3O4S/c1-13-17(22(29)30-2)18(15-9-6-10-16(27)11-15)19-20(24-13)25-23(26-21(19)28)31-12-14-7-4-3-5-8-14/h3-11,18,27H,12H2,1-2H3,(H2,24,25,26,28). The van der Waals surface area contributed by atoms with Crippen LogP contribution in [0, 0.1) is 0 Å². The van der Waals surface area contributed by atoms with Crippen molar-refractivity contribution in [2.24, 2.45) is 0 Å². The highest BCUT2D eigenvalue weighted by atomic mass is 32.2. The molecule has 0 spiro atoms. The van der Waals surface area contributed by atoms with E-state index in [1.165, 1.54) is 31.0 Å². The van der Waals surface area contributed by atoms with E-state index in [1.807, 2.05) is 30.3 Å².